The van der Waals surface area contributed by atoms with E-state index in [0.717, 1.165) is 27.7 Å². The number of rotatable bonds is 6. The lowest BCUT2D eigenvalue weighted by Crippen LogP contribution is -2.27. The normalized spacial score (nSPS) is 24.6. The Kier molecular flexibility index (Phi) is 4.29. The van der Waals surface area contributed by atoms with Gasteiger partial charge in [0.15, 0.2) is 5.16 Å². The van der Waals surface area contributed by atoms with Crippen LogP contribution in [0.15, 0.2) is 23.4 Å². The molecule has 2 fully saturated rings. The number of aromatic nitrogens is 4. The molecule has 0 spiro atoms. The van der Waals surface area contributed by atoms with Crippen molar-refractivity contribution in [2.45, 2.75) is 37.3 Å². The molecule has 0 radical (unpaired) electrons. The highest BCUT2D eigenvalue weighted by Crippen LogP contribution is 2.59. The Labute approximate surface area is 168 Å². The number of thiazole rings is 1. The van der Waals surface area contributed by atoms with E-state index in [4.69, 9.17) is 4.98 Å². The Balaban J connectivity index is 1.18. The summed E-state index contributed by atoms with van der Waals surface area (Å²) < 4.78 is 3.39. The van der Waals surface area contributed by atoms with Crippen LogP contribution in [0.5, 0.6) is 0 Å². The van der Waals surface area contributed by atoms with Crippen molar-refractivity contribution in [1.29, 1.82) is 0 Å². The number of fused-ring (bicyclic) bond motifs is 2. The molecule has 1 aliphatic heterocycles. The Morgan fingerprint density at radius 3 is 3.00 bits per heavy atom. The predicted octanol–water partition coefficient (Wildman–Crippen LogP) is 3.80. The lowest BCUT2D eigenvalue weighted by Gasteiger charge is -2.21. The number of piperidine rings is 1. The van der Waals surface area contributed by atoms with E-state index in [-0.39, 0.29) is 0 Å². The summed E-state index contributed by atoms with van der Waals surface area (Å²) in [7, 11) is 2.04. The highest BCUT2D eigenvalue weighted by molar-refractivity contribution is 7.99. The van der Waals surface area contributed by atoms with Gasteiger partial charge in [-0.3, -0.25) is 0 Å². The van der Waals surface area contributed by atoms with Crippen LogP contribution in [0, 0.1) is 19.8 Å². The second kappa shape index (κ2) is 6.57. The predicted molar refractivity (Wildman–Crippen MR) is 112 cm³/mol. The molecule has 1 saturated heterocycles. The SMILES string of the molecule is Cc1nc2cc(C34C[C@@H]3CN(CCCSc3nnc(C)n3C)C4)ccc2s1. The van der Waals surface area contributed by atoms with Crippen molar-refractivity contribution < 1.29 is 0 Å². The molecule has 1 aliphatic carbocycles. The molecule has 1 unspecified atom stereocenters. The van der Waals surface area contributed by atoms with Crippen LogP contribution in [0.25, 0.3) is 10.2 Å². The van der Waals surface area contributed by atoms with Crippen molar-refractivity contribution in [2.24, 2.45) is 13.0 Å². The molecule has 2 aliphatic rings. The average molecular weight is 400 g/mol. The van der Waals surface area contributed by atoms with Gasteiger partial charge in [0.1, 0.15) is 5.82 Å². The zero-order valence-corrected chi connectivity index (χ0v) is 17.7. The summed E-state index contributed by atoms with van der Waals surface area (Å²) in [5.74, 6) is 2.92. The molecule has 0 bridgehead atoms. The molecule has 2 aromatic heterocycles. The maximum Gasteiger partial charge on any atom is 0.190 e. The summed E-state index contributed by atoms with van der Waals surface area (Å²) in [5, 5.41) is 10.6. The molecule has 7 heteroatoms. The molecule has 2 atom stereocenters. The molecule has 0 N–H and O–H groups in total. The number of hydrogen-bond donors (Lipinski definition) is 0. The Morgan fingerprint density at radius 1 is 1.30 bits per heavy atom. The summed E-state index contributed by atoms with van der Waals surface area (Å²) >= 11 is 3.61. The fourth-order valence-electron chi connectivity index (χ4n) is 4.52. The monoisotopic (exact) mass is 399 g/mol. The largest absolute Gasteiger partial charge is 0.309 e. The average Bonchev–Trinajstić information content (AvgIpc) is 2.93. The lowest BCUT2D eigenvalue weighted by atomic mass is 9.95. The molecule has 142 valence electrons. The molecule has 3 heterocycles. The van der Waals surface area contributed by atoms with Crippen LogP contribution in [0.4, 0.5) is 0 Å². The number of nitrogens with zero attached hydrogens (tertiary/aromatic N) is 5. The minimum atomic E-state index is 0.402. The molecule has 3 aromatic rings. The first-order valence-corrected chi connectivity index (χ1v) is 11.4. The van der Waals surface area contributed by atoms with E-state index in [0.29, 0.717) is 5.41 Å². The fourth-order valence-corrected chi connectivity index (χ4v) is 6.21. The second-order valence-corrected chi connectivity index (χ2v) is 10.3. The van der Waals surface area contributed by atoms with Crippen molar-refractivity contribution in [3.05, 3.63) is 34.6 Å². The van der Waals surface area contributed by atoms with Crippen molar-refractivity contribution in [3.63, 3.8) is 0 Å². The smallest absolute Gasteiger partial charge is 0.190 e. The van der Waals surface area contributed by atoms with E-state index >= 15 is 0 Å². The van der Waals surface area contributed by atoms with E-state index in [2.05, 4.69) is 44.8 Å². The first kappa shape index (κ1) is 17.6. The van der Waals surface area contributed by atoms with Crippen LogP contribution in [0.1, 0.15) is 29.2 Å². The molecule has 1 saturated carbocycles. The molecule has 1 aromatic carbocycles. The van der Waals surface area contributed by atoms with Crippen LogP contribution in [-0.2, 0) is 12.5 Å². The van der Waals surface area contributed by atoms with Gasteiger partial charge in [-0.25, -0.2) is 4.98 Å². The quantitative estimate of drug-likeness (QED) is 0.466. The van der Waals surface area contributed by atoms with Gasteiger partial charge >= 0.3 is 0 Å². The molecule has 27 heavy (non-hydrogen) atoms. The van der Waals surface area contributed by atoms with Gasteiger partial charge in [0.2, 0.25) is 0 Å². The first-order valence-electron chi connectivity index (χ1n) is 9.64. The van der Waals surface area contributed by atoms with E-state index < -0.39 is 0 Å². The summed E-state index contributed by atoms with van der Waals surface area (Å²) in [5.41, 5.74) is 3.10. The third-order valence-corrected chi connectivity index (χ3v) is 8.25. The molecular weight excluding hydrogens is 374 g/mol. The third-order valence-electron chi connectivity index (χ3n) is 6.19. The summed E-state index contributed by atoms with van der Waals surface area (Å²) in [6, 6.07) is 6.99. The second-order valence-electron chi connectivity index (χ2n) is 8.00. The highest BCUT2D eigenvalue weighted by atomic mass is 32.2. The maximum atomic E-state index is 4.70. The number of benzene rings is 1. The molecule has 5 rings (SSSR count). The Bertz CT molecular complexity index is 994. The van der Waals surface area contributed by atoms with E-state index in [1.54, 1.807) is 11.3 Å². The van der Waals surface area contributed by atoms with Gasteiger partial charge in [-0.05, 0) is 56.8 Å². The zero-order chi connectivity index (χ0) is 18.6. The van der Waals surface area contributed by atoms with Crippen LogP contribution >= 0.6 is 23.1 Å². The standard InChI is InChI=1S/C20H25N5S2/c1-13-22-23-19(24(13)3)26-8-4-7-25-11-16-10-20(16,12-25)15-5-6-18-17(9-15)21-14(2)27-18/h5-6,9,16H,4,7-8,10-12H2,1-3H3/t16-,20?/m1/s1. The summed E-state index contributed by atoms with van der Waals surface area (Å²) in [4.78, 5) is 7.36. The van der Waals surface area contributed by atoms with Crippen LogP contribution in [-0.4, -0.2) is 50.0 Å². The minimum absolute atomic E-state index is 0.402. The minimum Gasteiger partial charge on any atom is -0.309 e. The van der Waals surface area contributed by atoms with Gasteiger partial charge in [0.25, 0.3) is 0 Å². The lowest BCUT2D eigenvalue weighted by molar-refractivity contribution is 0.299. The number of aryl methyl sites for hydroxylation is 2. The first-order chi connectivity index (χ1) is 13.0. The van der Waals surface area contributed by atoms with E-state index in [1.807, 2.05) is 25.7 Å². The van der Waals surface area contributed by atoms with Crippen molar-refractivity contribution >= 4 is 33.3 Å². The fraction of sp³-hybridized carbons (Fsp3) is 0.550. The van der Waals surface area contributed by atoms with Gasteiger partial charge in [0.05, 0.1) is 15.2 Å². The third kappa shape index (κ3) is 3.09. The van der Waals surface area contributed by atoms with Crippen LogP contribution in [0.2, 0.25) is 0 Å². The van der Waals surface area contributed by atoms with Gasteiger partial charge in [-0.15, -0.1) is 21.5 Å². The van der Waals surface area contributed by atoms with Gasteiger partial charge in [0, 0.05) is 31.3 Å². The summed E-state index contributed by atoms with van der Waals surface area (Å²) in [6.07, 6.45) is 2.55. The van der Waals surface area contributed by atoms with Gasteiger partial charge < -0.3 is 9.47 Å². The zero-order valence-electron chi connectivity index (χ0n) is 16.1. The Hall–Kier alpha value is -1.44. The van der Waals surface area contributed by atoms with Crippen LogP contribution in [0.3, 0.4) is 0 Å². The van der Waals surface area contributed by atoms with Crippen molar-refractivity contribution in [3.8, 4) is 0 Å². The molecule has 0 amide bonds. The molecular formula is C20H25N5S2. The molecule has 5 nitrogen and oxygen atoms in total. The van der Waals surface area contributed by atoms with Crippen LogP contribution < -0.4 is 0 Å². The van der Waals surface area contributed by atoms with E-state index in [1.165, 1.54) is 48.3 Å². The highest BCUT2D eigenvalue weighted by Gasteiger charge is 2.60. The Morgan fingerprint density at radius 2 is 2.19 bits per heavy atom. The van der Waals surface area contributed by atoms with Crippen molar-refractivity contribution in [1.82, 2.24) is 24.6 Å². The number of likely N-dealkylation sites (tertiary alicyclic amines) is 1. The number of hydrogen-bond acceptors (Lipinski definition) is 6. The number of thioether (sulfide) groups is 1. The van der Waals surface area contributed by atoms with Gasteiger partial charge in [-0.1, -0.05) is 17.8 Å². The van der Waals surface area contributed by atoms with E-state index in [9.17, 15) is 0 Å². The maximum absolute atomic E-state index is 4.70. The topological polar surface area (TPSA) is 46.8 Å². The summed E-state index contributed by atoms with van der Waals surface area (Å²) in [6.45, 7) is 7.74. The van der Waals surface area contributed by atoms with Gasteiger partial charge in [-0.2, -0.15) is 0 Å². The van der Waals surface area contributed by atoms with Crippen molar-refractivity contribution in [2.75, 3.05) is 25.4 Å².